The van der Waals surface area contributed by atoms with Gasteiger partial charge in [0, 0.05) is 30.4 Å². The second-order valence-electron chi connectivity index (χ2n) is 7.13. The molecule has 0 unspecified atom stereocenters. The fourth-order valence-corrected chi connectivity index (χ4v) is 3.91. The van der Waals surface area contributed by atoms with Gasteiger partial charge in [0.1, 0.15) is 5.75 Å². The van der Waals surface area contributed by atoms with Gasteiger partial charge in [-0.1, -0.05) is 6.92 Å². The third kappa shape index (κ3) is 2.77. The zero-order valence-corrected chi connectivity index (χ0v) is 16.6. The Hall–Kier alpha value is -2.80. The number of methoxy groups -OCH3 is 3. The highest BCUT2D eigenvalue weighted by Crippen LogP contribution is 2.53. The summed E-state index contributed by atoms with van der Waals surface area (Å²) in [5.41, 5.74) is 1.81. The molecule has 7 nitrogen and oxygen atoms in total. The normalized spacial score (nSPS) is 24.9. The maximum Gasteiger partial charge on any atom is 0.231 e. The number of hydrogen-bond acceptors (Lipinski definition) is 7. The van der Waals surface area contributed by atoms with Crippen molar-refractivity contribution in [1.29, 1.82) is 0 Å². The van der Waals surface area contributed by atoms with Crippen molar-refractivity contribution in [2.75, 3.05) is 28.1 Å². The Kier molecular flexibility index (Phi) is 4.42. The first kappa shape index (κ1) is 18.6. The van der Waals surface area contributed by atoms with Crippen molar-refractivity contribution in [3.8, 4) is 34.5 Å². The first-order valence-corrected chi connectivity index (χ1v) is 9.04. The monoisotopic (exact) mass is 388 g/mol. The molecule has 0 radical (unpaired) electrons. The molecule has 1 N–H and O–H groups in total. The van der Waals surface area contributed by atoms with Gasteiger partial charge in [-0.3, -0.25) is 0 Å². The van der Waals surface area contributed by atoms with E-state index >= 15 is 0 Å². The van der Waals surface area contributed by atoms with Crippen LogP contribution in [0.25, 0.3) is 0 Å². The predicted molar refractivity (Wildman–Crippen MR) is 101 cm³/mol. The summed E-state index contributed by atoms with van der Waals surface area (Å²) in [6.45, 7) is 3.77. The summed E-state index contributed by atoms with van der Waals surface area (Å²) in [7, 11) is 4.73. The number of rotatable bonds is 4. The number of ether oxygens (including phenoxy) is 6. The summed E-state index contributed by atoms with van der Waals surface area (Å²) in [5.74, 6) is 1.63. The van der Waals surface area contributed by atoms with Crippen molar-refractivity contribution in [2.45, 2.75) is 25.6 Å². The standard InChI is InChI=1S/C21H24O7/c1-11-19(12-6-17(23-3)20(25-5)18(7-12)24-4)13-8-15-16(27-10-26-15)9-14(13)28-21(11,2)22/h6-9,11,19,22H,10H2,1-5H3/t11-,19+,21+/m0/s1. The van der Waals surface area contributed by atoms with E-state index in [4.69, 9.17) is 28.4 Å². The van der Waals surface area contributed by atoms with Crippen LogP contribution < -0.4 is 28.4 Å². The lowest BCUT2D eigenvalue weighted by molar-refractivity contribution is -0.171. The van der Waals surface area contributed by atoms with Crippen LogP contribution in [0.3, 0.4) is 0 Å². The fourth-order valence-electron chi connectivity index (χ4n) is 3.91. The van der Waals surface area contributed by atoms with Gasteiger partial charge in [0.05, 0.1) is 21.3 Å². The zero-order chi connectivity index (χ0) is 20.1. The van der Waals surface area contributed by atoms with E-state index in [2.05, 4.69) is 0 Å². The summed E-state index contributed by atoms with van der Waals surface area (Å²) < 4.78 is 33.4. The largest absolute Gasteiger partial charge is 0.493 e. The molecule has 2 aromatic carbocycles. The summed E-state index contributed by atoms with van der Waals surface area (Å²) in [4.78, 5) is 0. The van der Waals surface area contributed by atoms with Crippen molar-refractivity contribution >= 4 is 0 Å². The molecule has 0 amide bonds. The van der Waals surface area contributed by atoms with Gasteiger partial charge in [-0.15, -0.1) is 0 Å². The smallest absolute Gasteiger partial charge is 0.231 e. The third-order valence-corrected chi connectivity index (χ3v) is 5.55. The van der Waals surface area contributed by atoms with E-state index in [1.54, 1.807) is 34.3 Å². The molecule has 2 heterocycles. The van der Waals surface area contributed by atoms with E-state index in [9.17, 15) is 5.11 Å². The molecule has 0 fully saturated rings. The maximum atomic E-state index is 10.9. The highest BCUT2D eigenvalue weighted by Gasteiger charge is 2.45. The Bertz CT molecular complexity index is 881. The van der Waals surface area contributed by atoms with Gasteiger partial charge in [-0.05, 0) is 23.8 Å². The summed E-state index contributed by atoms with van der Waals surface area (Å²) in [6.07, 6.45) is 0. The molecule has 150 valence electrons. The molecular formula is C21H24O7. The van der Waals surface area contributed by atoms with Crippen molar-refractivity contribution in [3.05, 3.63) is 35.4 Å². The summed E-state index contributed by atoms with van der Waals surface area (Å²) >= 11 is 0. The Morgan fingerprint density at radius 3 is 2.11 bits per heavy atom. The molecule has 28 heavy (non-hydrogen) atoms. The van der Waals surface area contributed by atoms with Crippen molar-refractivity contribution in [2.24, 2.45) is 5.92 Å². The lowest BCUT2D eigenvalue weighted by Gasteiger charge is -2.42. The Morgan fingerprint density at radius 1 is 0.929 bits per heavy atom. The molecule has 3 atom stereocenters. The lowest BCUT2D eigenvalue weighted by Crippen LogP contribution is -2.45. The highest BCUT2D eigenvalue weighted by atomic mass is 16.7. The van der Waals surface area contributed by atoms with Gasteiger partial charge in [0.2, 0.25) is 18.3 Å². The number of fused-ring (bicyclic) bond motifs is 2. The number of aliphatic hydroxyl groups is 1. The van der Waals surface area contributed by atoms with Gasteiger partial charge in [0.15, 0.2) is 23.0 Å². The molecular weight excluding hydrogens is 364 g/mol. The summed E-state index contributed by atoms with van der Waals surface area (Å²) in [5, 5.41) is 10.9. The third-order valence-electron chi connectivity index (χ3n) is 5.55. The van der Waals surface area contributed by atoms with Crippen LogP contribution in [0.15, 0.2) is 24.3 Å². The van der Waals surface area contributed by atoms with Crippen LogP contribution in [0, 0.1) is 5.92 Å². The van der Waals surface area contributed by atoms with E-state index in [1.165, 1.54) is 0 Å². The summed E-state index contributed by atoms with van der Waals surface area (Å²) in [6, 6.07) is 7.48. The first-order chi connectivity index (χ1) is 13.4. The molecule has 2 aromatic rings. The molecule has 0 bridgehead atoms. The van der Waals surface area contributed by atoms with E-state index in [0.29, 0.717) is 34.5 Å². The van der Waals surface area contributed by atoms with Gasteiger partial charge >= 0.3 is 0 Å². The second-order valence-corrected chi connectivity index (χ2v) is 7.13. The second kappa shape index (κ2) is 6.67. The molecule has 0 aliphatic carbocycles. The first-order valence-electron chi connectivity index (χ1n) is 9.04. The van der Waals surface area contributed by atoms with Crippen LogP contribution in [0.4, 0.5) is 0 Å². The van der Waals surface area contributed by atoms with Gasteiger partial charge < -0.3 is 33.5 Å². The average Bonchev–Trinajstić information content (AvgIpc) is 3.13. The van der Waals surface area contributed by atoms with Gasteiger partial charge in [0.25, 0.3) is 0 Å². The van der Waals surface area contributed by atoms with Crippen LogP contribution >= 0.6 is 0 Å². The van der Waals surface area contributed by atoms with E-state index < -0.39 is 5.79 Å². The Morgan fingerprint density at radius 2 is 1.54 bits per heavy atom. The average molecular weight is 388 g/mol. The maximum absolute atomic E-state index is 10.9. The minimum Gasteiger partial charge on any atom is -0.493 e. The van der Waals surface area contributed by atoms with Crippen LogP contribution in [-0.2, 0) is 0 Å². The predicted octanol–water partition coefficient (Wildman–Crippen LogP) is 3.31. The zero-order valence-electron chi connectivity index (χ0n) is 16.6. The molecule has 4 rings (SSSR count). The number of benzene rings is 2. The van der Waals surface area contributed by atoms with Crippen molar-refractivity contribution in [1.82, 2.24) is 0 Å². The quantitative estimate of drug-likeness (QED) is 0.861. The molecule has 0 saturated heterocycles. The van der Waals surface area contributed by atoms with Crippen LogP contribution in [0.1, 0.15) is 30.9 Å². The molecule has 0 aromatic heterocycles. The van der Waals surface area contributed by atoms with Gasteiger partial charge in [-0.2, -0.15) is 0 Å². The van der Waals surface area contributed by atoms with E-state index in [0.717, 1.165) is 11.1 Å². The fraction of sp³-hybridized carbons (Fsp3) is 0.429. The molecule has 0 spiro atoms. The molecule has 2 aliphatic heterocycles. The SMILES string of the molecule is COc1cc([C@@H]2c3cc4c(cc3O[C@@](C)(O)[C@H]2C)OCO4)cc(OC)c1OC. The topological polar surface area (TPSA) is 75.6 Å². The minimum atomic E-state index is -1.37. The van der Waals surface area contributed by atoms with Crippen molar-refractivity contribution in [3.63, 3.8) is 0 Å². The molecule has 7 heteroatoms. The van der Waals surface area contributed by atoms with E-state index in [-0.39, 0.29) is 18.6 Å². The molecule has 0 saturated carbocycles. The lowest BCUT2D eigenvalue weighted by atomic mass is 9.75. The van der Waals surface area contributed by atoms with Crippen LogP contribution in [0.5, 0.6) is 34.5 Å². The van der Waals surface area contributed by atoms with Crippen LogP contribution in [-0.4, -0.2) is 39.0 Å². The van der Waals surface area contributed by atoms with E-state index in [1.807, 2.05) is 25.1 Å². The Balaban J connectivity index is 1.92. The minimum absolute atomic E-state index is 0.166. The highest BCUT2D eigenvalue weighted by molar-refractivity contribution is 5.60. The Labute approximate surface area is 163 Å². The van der Waals surface area contributed by atoms with Gasteiger partial charge in [-0.25, -0.2) is 0 Å². The molecule has 2 aliphatic rings. The van der Waals surface area contributed by atoms with Crippen molar-refractivity contribution < 1.29 is 33.5 Å². The number of hydrogen-bond donors (Lipinski definition) is 1. The van der Waals surface area contributed by atoms with Crippen LogP contribution in [0.2, 0.25) is 0 Å².